The molecule has 3 N–H and O–H groups in total. The monoisotopic (exact) mass is 417 g/mol. The summed E-state index contributed by atoms with van der Waals surface area (Å²) in [6.45, 7) is 1.54. The molecular formula is C19H20BrN3O3. The number of nitrogens with one attached hydrogen (secondary N) is 3. The minimum Gasteiger partial charge on any atom is -0.347 e. The van der Waals surface area contributed by atoms with E-state index in [2.05, 4.69) is 31.9 Å². The van der Waals surface area contributed by atoms with Crippen LogP contribution in [0.15, 0.2) is 53.0 Å². The summed E-state index contributed by atoms with van der Waals surface area (Å²) in [6.07, 6.45) is 0.206. The van der Waals surface area contributed by atoms with Crippen molar-refractivity contribution in [2.45, 2.75) is 13.3 Å². The van der Waals surface area contributed by atoms with E-state index in [-0.39, 0.29) is 31.3 Å². The first kappa shape index (κ1) is 19.7. The molecule has 0 bridgehead atoms. The summed E-state index contributed by atoms with van der Waals surface area (Å²) < 4.78 is 0.924. The van der Waals surface area contributed by atoms with Crippen LogP contribution in [0, 0.1) is 6.92 Å². The average Bonchev–Trinajstić information content (AvgIpc) is 2.61. The van der Waals surface area contributed by atoms with Gasteiger partial charge in [0.15, 0.2) is 0 Å². The number of aryl methyl sites for hydroxylation is 1. The van der Waals surface area contributed by atoms with Gasteiger partial charge in [0.25, 0.3) is 0 Å². The molecule has 0 aliphatic rings. The van der Waals surface area contributed by atoms with E-state index < -0.39 is 5.91 Å². The molecule has 0 radical (unpaired) electrons. The molecule has 2 aromatic carbocycles. The standard InChI is InChI=1S/C19H20BrN3O3/c1-13-9-15(20)7-8-16(13)23-19(26)12-22-18(25)11-21-17(24)10-14-5-3-2-4-6-14/h2-9H,10-12H2,1H3,(H,21,24)(H,22,25)(H,23,26). The van der Waals surface area contributed by atoms with Crippen LogP contribution < -0.4 is 16.0 Å². The molecular weight excluding hydrogens is 398 g/mol. The van der Waals surface area contributed by atoms with Crippen LogP contribution in [-0.2, 0) is 20.8 Å². The van der Waals surface area contributed by atoms with Crippen molar-refractivity contribution in [1.29, 1.82) is 0 Å². The molecule has 7 heteroatoms. The van der Waals surface area contributed by atoms with Gasteiger partial charge in [-0.15, -0.1) is 0 Å². The van der Waals surface area contributed by atoms with Crippen LogP contribution >= 0.6 is 15.9 Å². The fourth-order valence-corrected chi connectivity index (χ4v) is 2.70. The number of benzene rings is 2. The first-order chi connectivity index (χ1) is 12.4. The lowest BCUT2D eigenvalue weighted by Crippen LogP contribution is -2.40. The molecule has 0 aromatic heterocycles. The zero-order chi connectivity index (χ0) is 18.9. The first-order valence-electron chi connectivity index (χ1n) is 8.07. The number of amides is 3. The Bertz CT molecular complexity index is 794. The fourth-order valence-electron chi connectivity index (χ4n) is 2.23. The highest BCUT2D eigenvalue weighted by molar-refractivity contribution is 9.10. The molecule has 0 spiro atoms. The average molecular weight is 418 g/mol. The van der Waals surface area contributed by atoms with E-state index in [1.54, 1.807) is 6.07 Å². The van der Waals surface area contributed by atoms with Crippen molar-refractivity contribution in [2.24, 2.45) is 0 Å². The summed E-state index contributed by atoms with van der Waals surface area (Å²) in [5, 5.41) is 7.74. The second-order valence-electron chi connectivity index (χ2n) is 5.72. The summed E-state index contributed by atoms with van der Waals surface area (Å²) in [5.41, 5.74) is 2.46. The van der Waals surface area contributed by atoms with Crippen LogP contribution in [0.5, 0.6) is 0 Å². The van der Waals surface area contributed by atoms with Gasteiger partial charge in [-0.2, -0.15) is 0 Å². The molecule has 136 valence electrons. The lowest BCUT2D eigenvalue weighted by molar-refractivity contribution is -0.126. The molecule has 26 heavy (non-hydrogen) atoms. The summed E-state index contributed by atoms with van der Waals surface area (Å²) >= 11 is 3.36. The fraction of sp³-hybridized carbons (Fsp3) is 0.211. The number of anilines is 1. The van der Waals surface area contributed by atoms with Crippen molar-refractivity contribution in [1.82, 2.24) is 10.6 Å². The van der Waals surface area contributed by atoms with Crippen molar-refractivity contribution in [3.63, 3.8) is 0 Å². The van der Waals surface area contributed by atoms with E-state index in [1.807, 2.05) is 49.4 Å². The smallest absolute Gasteiger partial charge is 0.243 e. The van der Waals surface area contributed by atoms with Gasteiger partial charge in [-0.05, 0) is 36.2 Å². The van der Waals surface area contributed by atoms with E-state index in [0.717, 1.165) is 15.6 Å². The minimum absolute atomic E-state index is 0.164. The van der Waals surface area contributed by atoms with Crippen molar-refractivity contribution in [3.8, 4) is 0 Å². The number of carbonyl (C=O) groups excluding carboxylic acids is 3. The Morgan fingerprint density at radius 1 is 0.885 bits per heavy atom. The minimum atomic E-state index is -0.422. The Morgan fingerprint density at radius 2 is 1.54 bits per heavy atom. The Morgan fingerprint density at radius 3 is 2.23 bits per heavy atom. The quantitative estimate of drug-likeness (QED) is 0.644. The highest BCUT2D eigenvalue weighted by Crippen LogP contribution is 2.19. The molecule has 2 rings (SSSR count). The summed E-state index contributed by atoms with van der Waals surface area (Å²) in [4.78, 5) is 35.5. The Labute approximate surface area is 160 Å². The van der Waals surface area contributed by atoms with Gasteiger partial charge in [0.2, 0.25) is 17.7 Å². The van der Waals surface area contributed by atoms with E-state index in [1.165, 1.54) is 0 Å². The molecule has 0 saturated heterocycles. The van der Waals surface area contributed by atoms with E-state index >= 15 is 0 Å². The number of hydrogen-bond acceptors (Lipinski definition) is 3. The van der Waals surface area contributed by atoms with Crippen LogP contribution in [0.2, 0.25) is 0 Å². The van der Waals surface area contributed by atoms with Gasteiger partial charge in [-0.1, -0.05) is 46.3 Å². The molecule has 2 aromatic rings. The maximum absolute atomic E-state index is 11.9. The molecule has 3 amide bonds. The summed E-state index contributed by atoms with van der Waals surface area (Å²) in [6, 6.07) is 14.7. The molecule has 0 aliphatic heterocycles. The van der Waals surface area contributed by atoms with E-state index in [9.17, 15) is 14.4 Å². The largest absolute Gasteiger partial charge is 0.347 e. The van der Waals surface area contributed by atoms with E-state index in [0.29, 0.717) is 5.69 Å². The third-order valence-corrected chi connectivity index (χ3v) is 4.06. The summed E-state index contributed by atoms with van der Waals surface area (Å²) in [7, 11) is 0. The SMILES string of the molecule is Cc1cc(Br)ccc1NC(=O)CNC(=O)CNC(=O)Cc1ccccc1. The third-order valence-electron chi connectivity index (χ3n) is 3.56. The molecule has 6 nitrogen and oxygen atoms in total. The maximum atomic E-state index is 11.9. The number of carbonyl (C=O) groups is 3. The second-order valence-corrected chi connectivity index (χ2v) is 6.64. The lowest BCUT2D eigenvalue weighted by atomic mass is 10.1. The Hall–Kier alpha value is -2.67. The normalized spacial score (nSPS) is 10.1. The molecule has 0 atom stereocenters. The topological polar surface area (TPSA) is 87.3 Å². The van der Waals surface area contributed by atoms with Gasteiger partial charge in [0.05, 0.1) is 19.5 Å². The number of rotatable bonds is 7. The van der Waals surface area contributed by atoms with Crippen LogP contribution in [0.4, 0.5) is 5.69 Å². The number of halogens is 1. The number of hydrogen-bond donors (Lipinski definition) is 3. The predicted octanol–water partition coefficient (Wildman–Crippen LogP) is 2.17. The molecule has 0 saturated carbocycles. The Kier molecular flexibility index (Phi) is 7.35. The van der Waals surface area contributed by atoms with Crippen molar-refractivity contribution >= 4 is 39.3 Å². The summed E-state index contributed by atoms with van der Waals surface area (Å²) in [5.74, 6) is -1.00. The molecule has 0 heterocycles. The highest BCUT2D eigenvalue weighted by atomic mass is 79.9. The maximum Gasteiger partial charge on any atom is 0.243 e. The van der Waals surface area contributed by atoms with Crippen molar-refractivity contribution in [3.05, 3.63) is 64.1 Å². The van der Waals surface area contributed by atoms with Crippen LogP contribution in [0.3, 0.4) is 0 Å². The molecule has 0 aliphatic carbocycles. The zero-order valence-electron chi connectivity index (χ0n) is 14.3. The van der Waals surface area contributed by atoms with Gasteiger partial charge in [-0.25, -0.2) is 0 Å². The molecule has 0 fully saturated rings. The highest BCUT2D eigenvalue weighted by Gasteiger charge is 2.09. The van der Waals surface area contributed by atoms with Crippen molar-refractivity contribution in [2.75, 3.05) is 18.4 Å². The second kappa shape index (κ2) is 9.72. The predicted molar refractivity (Wildman–Crippen MR) is 104 cm³/mol. The van der Waals surface area contributed by atoms with Gasteiger partial charge in [0, 0.05) is 10.2 Å². The van der Waals surface area contributed by atoms with Gasteiger partial charge < -0.3 is 16.0 Å². The Balaban J connectivity index is 1.69. The van der Waals surface area contributed by atoms with Gasteiger partial charge in [0.1, 0.15) is 0 Å². The van der Waals surface area contributed by atoms with Gasteiger partial charge >= 0.3 is 0 Å². The molecule has 0 unspecified atom stereocenters. The third kappa shape index (κ3) is 6.68. The first-order valence-corrected chi connectivity index (χ1v) is 8.86. The zero-order valence-corrected chi connectivity index (χ0v) is 15.9. The van der Waals surface area contributed by atoms with E-state index in [4.69, 9.17) is 0 Å². The van der Waals surface area contributed by atoms with Gasteiger partial charge in [-0.3, -0.25) is 14.4 Å². The van der Waals surface area contributed by atoms with Crippen LogP contribution in [0.25, 0.3) is 0 Å². The van der Waals surface area contributed by atoms with Crippen molar-refractivity contribution < 1.29 is 14.4 Å². The van der Waals surface area contributed by atoms with Crippen LogP contribution in [0.1, 0.15) is 11.1 Å². The van der Waals surface area contributed by atoms with Crippen LogP contribution in [-0.4, -0.2) is 30.8 Å². The lowest BCUT2D eigenvalue weighted by Gasteiger charge is -2.10.